The number of fused-ring (bicyclic) bond motifs is 1. The van der Waals surface area contributed by atoms with Crippen molar-refractivity contribution in [2.75, 3.05) is 31.1 Å². The lowest BCUT2D eigenvalue weighted by atomic mass is 9.97. The molecular formula is C24H29N5O. The highest BCUT2D eigenvalue weighted by molar-refractivity contribution is 5.99. The molecular weight excluding hydrogens is 374 g/mol. The number of hydrogen-bond acceptors (Lipinski definition) is 5. The van der Waals surface area contributed by atoms with E-state index >= 15 is 0 Å². The fourth-order valence-corrected chi connectivity index (χ4v) is 3.98. The van der Waals surface area contributed by atoms with E-state index in [1.54, 1.807) is 12.4 Å². The number of anilines is 1. The Labute approximate surface area is 177 Å². The number of aryl methyl sites for hydroxylation is 1. The van der Waals surface area contributed by atoms with Gasteiger partial charge in [-0.05, 0) is 31.7 Å². The summed E-state index contributed by atoms with van der Waals surface area (Å²) in [6, 6.07) is 8.45. The maximum Gasteiger partial charge on any atom is 0.225 e. The quantitative estimate of drug-likeness (QED) is 0.436. The first-order chi connectivity index (χ1) is 14.7. The molecule has 6 nitrogen and oxygen atoms in total. The zero-order chi connectivity index (χ0) is 20.9. The van der Waals surface area contributed by atoms with Crippen molar-refractivity contribution in [2.24, 2.45) is 18.0 Å². The van der Waals surface area contributed by atoms with Gasteiger partial charge in [-0.15, -0.1) is 0 Å². The molecule has 1 aliphatic rings. The third kappa shape index (κ3) is 4.37. The molecule has 1 aromatic carbocycles. The molecule has 0 unspecified atom stereocenters. The molecule has 156 valence electrons. The fourth-order valence-electron chi connectivity index (χ4n) is 3.98. The summed E-state index contributed by atoms with van der Waals surface area (Å²) in [7, 11) is 2.08. The van der Waals surface area contributed by atoms with Crippen LogP contribution in [0.3, 0.4) is 0 Å². The lowest BCUT2D eigenvalue weighted by Gasteiger charge is -2.31. The monoisotopic (exact) mass is 403 g/mol. The van der Waals surface area contributed by atoms with Crippen molar-refractivity contribution >= 4 is 28.8 Å². The number of hydrogen-bond donors (Lipinski definition) is 0. The van der Waals surface area contributed by atoms with Gasteiger partial charge in [0.2, 0.25) is 5.95 Å². The molecule has 0 amide bonds. The Balaban J connectivity index is 1.30. The largest absolute Gasteiger partial charge is 0.494 e. The highest BCUT2D eigenvalue weighted by atomic mass is 16.5. The summed E-state index contributed by atoms with van der Waals surface area (Å²) in [5.74, 6) is 2.00. The Morgan fingerprint density at radius 2 is 1.97 bits per heavy atom. The first-order valence-corrected chi connectivity index (χ1v) is 10.6. The predicted molar refractivity (Wildman–Crippen MR) is 123 cm³/mol. The SMILES string of the molecule is C=C(OCC)c1cnc(N2CCC(CN=Cc3cn(C)c4ccccc34)CC2)nc1. The van der Waals surface area contributed by atoms with E-state index < -0.39 is 0 Å². The Hall–Kier alpha value is -3.15. The molecule has 0 N–H and O–H groups in total. The number of benzene rings is 1. The van der Waals surface area contributed by atoms with Crippen LogP contribution in [0.1, 0.15) is 30.9 Å². The average molecular weight is 404 g/mol. The third-order valence-corrected chi connectivity index (χ3v) is 5.70. The van der Waals surface area contributed by atoms with E-state index in [1.165, 1.54) is 16.5 Å². The molecule has 6 heteroatoms. The molecule has 0 saturated carbocycles. The number of piperidine rings is 1. The van der Waals surface area contributed by atoms with Crippen molar-refractivity contribution in [1.29, 1.82) is 0 Å². The molecule has 1 saturated heterocycles. The molecule has 30 heavy (non-hydrogen) atoms. The van der Waals surface area contributed by atoms with E-state index in [1.807, 2.05) is 13.1 Å². The van der Waals surface area contributed by atoms with Gasteiger partial charge in [-0.2, -0.15) is 0 Å². The van der Waals surface area contributed by atoms with Gasteiger partial charge in [0, 0.05) is 68.0 Å². The van der Waals surface area contributed by atoms with Gasteiger partial charge < -0.3 is 14.2 Å². The Morgan fingerprint density at radius 1 is 1.23 bits per heavy atom. The number of aliphatic imine (C=N–C) groups is 1. The second kappa shape index (κ2) is 9.11. The van der Waals surface area contributed by atoms with Crippen LogP contribution in [0.5, 0.6) is 0 Å². The topological polar surface area (TPSA) is 55.5 Å². The molecule has 0 spiro atoms. The van der Waals surface area contributed by atoms with Crippen LogP contribution in [-0.2, 0) is 11.8 Å². The molecule has 0 bridgehead atoms. The zero-order valence-corrected chi connectivity index (χ0v) is 17.8. The highest BCUT2D eigenvalue weighted by Gasteiger charge is 2.20. The standard InChI is InChI=1S/C24H29N5O/c1-4-30-18(2)20-15-26-24(27-16-20)29-11-9-19(10-12-29)13-25-14-21-17-28(3)23-8-6-5-7-22(21)23/h5-8,14-17,19H,2,4,9-13H2,1,3H3. The Morgan fingerprint density at radius 3 is 2.70 bits per heavy atom. The molecule has 0 atom stereocenters. The number of ether oxygens (including phenoxy) is 1. The van der Waals surface area contributed by atoms with Crippen molar-refractivity contribution in [1.82, 2.24) is 14.5 Å². The normalized spacial score (nSPS) is 15.2. The van der Waals surface area contributed by atoms with E-state index in [9.17, 15) is 0 Å². The maximum atomic E-state index is 5.42. The smallest absolute Gasteiger partial charge is 0.225 e. The van der Waals surface area contributed by atoms with Gasteiger partial charge in [-0.25, -0.2) is 9.97 Å². The van der Waals surface area contributed by atoms with Crippen LogP contribution in [0.25, 0.3) is 16.7 Å². The summed E-state index contributed by atoms with van der Waals surface area (Å²) in [5, 5.41) is 1.26. The number of para-hydroxylation sites is 1. The van der Waals surface area contributed by atoms with Gasteiger partial charge in [-0.3, -0.25) is 4.99 Å². The molecule has 1 aliphatic heterocycles. The van der Waals surface area contributed by atoms with E-state index in [4.69, 9.17) is 9.73 Å². The van der Waals surface area contributed by atoms with Gasteiger partial charge in [0.05, 0.1) is 12.2 Å². The fraction of sp³-hybridized carbons (Fsp3) is 0.375. The molecule has 1 fully saturated rings. The summed E-state index contributed by atoms with van der Waals surface area (Å²) in [5.41, 5.74) is 3.26. The highest BCUT2D eigenvalue weighted by Crippen LogP contribution is 2.22. The summed E-state index contributed by atoms with van der Waals surface area (Å²) in [6.45, 7) is 9.22. The number of aromatic nitrogens is 3. The zero-order valence-electron chi connectivity index (χ0n) is 17.8. The first-order valence-electron chi connectivity index (χ1n) is 10.6. The van der Waals surface area contributed by atoms with E-state index in [0.29, 0.717) is 18.3 Å². The van der Waals surface area contributed by atoms with Crippen LogP contribution in [-0.4, -0.2) is 47.0 Å². The lowest BCUT2D eigenvalue weighted by molar-refractivity contribution is 0.299. The molecule has 0 aliphatic carbocycles. The van der Waals surface area contributed by atoms with E-state index in [0.717, 1.165) is 44.0 Å². The summed E-state index contributed by atoms with van der Waals surface area (Å²) in [4.78, 5) is 16.0. The van der Waals surface area contributed by atoms with Crippen molar-refractivity contribution in [3.05, 3.63) is 60.6 Å². The van der Waals surface area contributed by atoms with Crippen LogP contribution in [0.15, 0.2) is 54.4 Å². The minimum Gasteiger partial charge on any atom is -0.494 e. The second-order valence-corrected chi connectivity index (χ2v) is 7.77. The minimum absolute atomic E-state index is 0.594. The van der Waals surface area contributed by atoms with Crippen molar-refractivity contribution in [3.63, 3.8) is 0 Å². The average Bonchev–Trinajstić information content (AvgIpc) is 3.10. The van der Waals surface area contributed by atoms with E-state index in [-0.39, 0.29) is 0 Å². The Bertz CT molecular complexity index is 1030. The van der Waals surface area contributed by atoms with Gasteiger partial charge in [0.25, 0.3) is 0 Å². The third-order valence-electron chi connectivity index (χ3n) is 5.70. The van der Waals surface area contributed by atoms with Crippen LogP contribution >= 0.6 is 0 Å². The maximum absolute atomic E-state index is 5.42. The minimum atomic E-state index is 0.594. The van der Waals surface area contributed by atoms with Gasteiger partial charge in [0.15, 0.2) is 0 Å². The molecule has 2 aromatic heterocycles. The molecule has 3 heterocycles. The van der Waals surface area contributed by atoms with Crippen LogP contribution in [0, 0.1) is 5.92 Å². The van der Waals surface area contributed by atoms with Crippen molar-refractivity contribution in [3.8, 4) is 0 Å². The van der Waals surface area contributed by atoms with E-state index in [2.05, 4.69) is 63.5 Å². The summed E-state index contributed by atoms with van der Waals surface area (Å²) in [6.07, 6.45) is 9.97. The van der Waals surface area contributed by atoms with Gasteiger partial charge >= 0.3 is 0 Å². The van der Waals surface area contributed by atoms with Crippen molar-refractivity contribution < 1.29 is 4.74 Å². The summed E-state index contributed by atoms with van der Waals surface area (Å²) >= 11 is 0. The Kier molecular flexibility index (Phi) is 6.12. The number of nitrogens with zero attached hydrogens (tertiary/aromatic N) is 5. The van der Waals surface area contributed by atoms with Crippen molar-refractivity contribution in [2.45, 2.75) is 19.8 Å². The second-order valence-electron chi connectivity index (χ2n) is 7.77. The number of rotatable bonds is 7. The molecule has 4 rings (SSSR count). The molecule has 3 aromatic rings. The first kappa shape index (κ1) is 20.1. The van der Waals surface area contributed by atoms with Crippen LogP contribution in [0.4, 0.5) is 5.95 Å². The predicted octanol–water partition coefficient (Wildman–Crippen LogP) is 4.31. The lowest BCUT2D eigenvalue weighted by Crippen LogP contribution is -2.35. The van der Waals surface area contributed by atoms with Crippen LogP contribution < -0.4 is 4.90 Å². The van der Waals surface area contributed by atoms with Gasteiger partial charge in [-0.1, -0.05) is 24.8 Å². The van der Waals surface area contributed by atoms with Gasteiger partial charge in [0.1, 0.15) is 5.76 Å². The summed E-state index contributed by atoms with van der Waals surface area (Å²) < 4.78 is 7.58. The van der Waals surface area contributed by atoms with Crippen LogP contribution in [0.2, 0.25) is 0 Å². The molecule has 0 radical (unpaired) electrons.